The number of fused-ring (bicyclic) bond motifs is 1. The lowest BCUT2D eigenvalue weighted by Gasteiger charge is -2.12. The number of carbonyl (C=O) groups excluding carboxylic acids is 2. The monoisotopic (exact) mass is 409 g/mol. The molecule has 0 spiro atoms. The number of rotatable bonds is 7. The Morgan fingerprint density at radius 1 is 1.17 bits per heavy atom. The molecule has 0 radical (unpaired) electrons. The second-order valence-corrected chi connectivity index (χ2v) is 8.17. The number of H-pyrrole nitrogens is 1. The third-order valence-corrected chi connectivity index (χ3v) is 6.27. The molecule has 2 heterocycles. The van der Waals surface area contributed by atoms with Crippen LogP contribution in [0.3, 0.4) is 0 Å². The highest BCUT2D eigenvalue weighted by Crippen LogP contribution is 2.27. The number of esters is 1. The van der Waals surface area contributed by atoms with Gasteiger partial charge in [0.05, 0.1) is 11.7 Å². The van der Waals surface area contributed by atoms with E-state index < -0.39 is 5.97 Å². The summed E-state index contributed by atoms with van der Waals surface area (Å²) in [4.78, 5) is 29.5. The molecule has 5 nitrogen and oxygen atoms in total. The first-order chi connectivity index (χ1) is 14.1. The van der Waals surface area contributed by atoms with Gasteiger partial charge in [-0.1, -0.05) is 30.3 Å². The number of aryl methyl sites for hydroxylation is 1. The van der Waals surface area contributed by atoms with Gasteiger partial charge in [0.15, 0.2) is 6.61 Å². The summed E-state index contributed by atoms with van der Waals surface area (Å²) in [5.41, 5.74) is 2.74. The van der Waals surface area contributed by atoms with Gasteiger partial charge < -0.3 is 14.5 Å². The molecule has 150 valence electrons. The summed E-state index contributed by atoms with van der Waals surface area (Å²) in [6.07, 6.45) is 2.37. The van der Waals surface area contributed by atoms with Crippen LogP contribution in [-0.2, 0) is 9.47 Å². The lowest BCUT2D eigenvalue weighted by molar-refractivity contribution is 0.0471. The Morgan fingerprint density at radius 3 is 2.79 bits per heavy atom. The van der Waals surface area contributed by atoms with Crippen molar-refractivity contribution in [3.63, 3.8) is 0 Å². The molecule has 6 heteroatoms. The molecule has 1 N–H and O–H groups in total. The minimum atomic E-state index is -0.480. The van der Waals surface area contributed by atoms with Crippen molar-refractivity contribution >= 4 is 34.4 Å². The number of hydrogen-bond acceptors (Lipinski definition) is 5. The molecule has 0 saturated carbocycles. The molecule has 1 saturated heterocycles. The maximum absolute atomic E-state index is 12.7. The molecule has 1 atom stereocenters. The van der Waals surface area contributed by atoms with Gasteiger partial charge >= 0.3 is 5.97 Å². The zero-order chi connectivity index (χ0) is 20.2. The number of hydrogen-bond donors (Lipinski definition) is 1. The van der Waals surface area contributed by atoms with Crippen LogP contribution in [0.25, 0.3) is 10.9 Å². The lowest BCUT2D eigenvalue weighted by Crippen LogP contribution is -2.16. The van der Waals surface area contributed by atoms with Crippen molar-refractivity contribution in [1.82, 2.24) is 4.98 Å². The molecular formula is C23H23NO4S. The van der Waals surface area contributed by atoms with Crippen molar-refractivity contribution in [1.29, 1.82) is 0 Å². The van der Waals surface area contributed by atoms with Crippen molar-refractivity contribution in [2.24, 2.45) is 0 Å². The molecule has 29 heavy (non-hydrogen) atoms. The van der Waals surface area contributed by atoms with Gasteiger partial charge in [-0.3, -0.25) is 4.79 Å². The van der Waals surface area contributed by atoms with Crippen LogP contribution in [0.2, 0.25) is 0 Å². The van der Waals surface area contributed by atoms with Crippen LogP contribution in [0, 0.1) is 6.92 Å². The number of thioether (sulfide) groups is 1. The van der Waals surface area contributed by atoms with Crippen LogP contribution >= 0.6 is 11.8 Å². The molecular weight excluding hydrogens is 386 g/mol. The highest BCUT2D eigenvalue weighted by Gasteiger charge is 2.21. The fourth-order valence-corrected chi connectivity index (χ4v) is 4.75. The fourth-order valence-electron chi connectivity index (χ4n) is 3.64. The zero-order valence-corrected chi connectivity index (χ0v) is 17.1. The van der Waals surface area contributed by atoms with Gasteiger partial charge in [0.1, 0.15) is 0 Å². The van der Waals surface area contributed by atoms with Gasteiger partial charge in [0.25, 0.3) is 0 Å². The van der Waals surface area contributed by atoms with Crippen molar-refractivity contribution in [2.45, 2.75) is 30.8 Å². The molecule has 1 aliphatic rings. The summed E-state index contributed by atoms with van der Waals surface area (Å²) in [6.45, 7) is 2.38. The van der Waals surface area contributed by atoms with Crippen molar-refractivity contribution in [3.05, 3.63) is 65.4 Å². The molecule has 3 aromatic rings. The first-order valence-corrected chi connectivity index (χ1v) is 10.7. The van der Waals surface area contributed by atoms with E-state index >= 15 is 0 Å². The third-order valence-electron chi connectivity index (χ3n) is 5.06. The SMILES string of the molecule is Cc1[nH]c2ccccc2c1C(=O)COC(=O)c1ccccc1SC[C@H]1CCCO1. The number of Topliss-reactive ketones (excluding diaryl/α,β-unsaturated/α-hetero) is 1. The van der Waals surface area contributed by atoms with Crippen LogP contribution in [0.5, 0.6) is 0 Å². The first-order valence-electron chi connectivity index (χ1n) is 9.74. The number of para-hydroxylation sites is 1. The van der Waals surface area contributed by atoms with Crippen LogP contribution in [0.1, 0.15) is 39.3 Å². The average molecular weight is 410 g/mol. The smallest absolute Gasteiger partial charge is 0.339 e. The normalized spacial score (nSPS) is 16.2. The molecule has 1 aromatic heterocycles. The van der Waals surface area contributed by atoms with E-state index in [1.54, 1.807) is 23.9 Å². The zero-order valence-electron chi connectivity index (χ0n) is 16.3. The summed E-state index contributed by atoms with van der Waals surface area (Å²) in [7, 11) is 0. The van der Waals surface area contributed by atoms with E-state index in [2.05, 4.69) is 4.98 Å². The molecule has 1 aliphatic heterocycles. The molecule has 1 fully saturated rings. The maximum Gasteiger partial charge on any atom is 0.339 e. The molecule has 0 bridgehead atoms. The summed E-state index contributed by atoms with van der Waals surface area (Å²) in [5.74, 6) is 0.113. The number of carbonyl (C=O) groups is 2. The molecule has 0 unspecified atom stereocenters. The number of benzene rings is 2. The van der Waals surface area contributed by atoms with Crippen LogP contribution in [0.4, 0.5) is 0 Å². The fraction of sp³-hybridized carbons (Fsp3) is 0.304. The summed E-state index contributed by atoms with van der Waals surface area (Å²) in [6, 6.07) is 15.0. The Hall–Kier alpha value is -2.57. The Bertz CT molecular complexity index is 1040. The number of aromatic amines is 1. The summed E-state index contributed by atoms with van der Waals surface area (Å²) < 4.78 is 11.0. The summed E-state index contributed by atoms with van der Waals surface area (Å²) >= 11 is 1.59. The first kappa shape index (κ1) is 19.7. The van der Waals surface area contributed by atoms with Crippen LogP contribution in [0.15, 0.2) is 53.4 Å². The van der Waals surface area contributed by atoms with Crippen molar-refractivity contribution in [3.8, 4) is 0 Å². The van der Waals surface area contributed by atoms with Gasteiger partial charge in [-0.2, -0.15) is 0 Å². The van der Waals surface area contributed by atoms with E-state index in [1.807, 2.05) is 43.3 Å². The molecule has 0 aliphatic carbocycles. The predicted octanol–water partition coefficient (Wildman–Crippen LogP) is 4.79. The molecule has 4 rings (SSSR count). The Labute approximate surface area is 173 Å². The van der Waals surface area contributed by atoms with Crippen LogP contribution in [-0.4, -0.2) is 41.8 Å². The van der Waals surface area contributed by atoms with Gasteiger partial charge in [0.2, 0.25) is 5.78 Å². The van der Waals surface area contributed by atoms with Gasteiger partial charge in [-0.25, -0.2) is 4.79 Å². The topological polar surface area (TPSA) is 68.4 Å². The van der Waals surface area contributed by atoms with Gasteiger partial charge in [-0.15, -0.1) is 11.8 Å². The number of aromatic nitrogens is 1. The second-order valence-electron chi connectivity index (χ2n) is 7.11. The molecule has 0 amide bonds. The number of nitrogens with one attached hydrogen (secondary N) is 1. The quantitative estimate of drug-likeness (QED) is 0.345. The Morgan fingerprint density at radius 2 is 1.97 bits per heavy atom. The van der Waals surface area contributed by atoms with Gasteiger partial charge in [-0.05, 0) is 38.0 Å². The standard InChI is InChI=1S/C23H23NO4S/c1-15-22(17-8-2-4-10-19(17)24-15)20(25)13-28-23(26)18-9-3-5-11-21(18)29-14-16-7-6-12-27-16/h2-5,8-11,16,24H,6-7,12-14H2,1H3/t16-/m1/s1. The van der Waals surface area contributed by atoms with Crippen molar-refractivity contribution in [2.75, 3.05) is 19.0 Å². The third kappa shape index (κ3) is 4.38. The van der Waals surface area contributed by atoms with Crippen LogP contribution < -0.4 is 0 Å². The Balaban J connectivity index is 1.43. The highest BCUT2D eigenvalue weighted by molar-refractivity contribution is 7.99. The Kier molecular flexibility index (Phi) is 6.02. The predicted molar refractivity (Wildman–Crippen MR) is 114 cm³/mol. The van der Waals surface area contributed by atoms with E-state index in [0.717, 1.165) is 46.7 Å². The number of ether oxygens (including phenoxy) is 2. The molecule has 2 aromatic carbocycles. The van der Waals surface area contributed by atoms with Gasteiger partial charge in [0, 0.05) is 39.4 Å². The minimum Gasteiger partial charge on any atom is -0.454 e. The van der Waals surface area contributed by atoms with E-state index in [-0.39, 0.29) is 18.5 Å². The average Bonchev–Trinajstić information content (AvgIpc) is 3.37. The van der Waals surface area contributed by atoms with E-state index in [4.69, 9.17) is 9.47 Å². The second kappa shape index (κ2) is 8.84. The minimum absolute atomic E-state index is 0.210. The lowest BCUT2D eigenvalue weighted by atomic mass is 10.1. The summed E-state index contributed by atoms with van der Waals surface area (Å²) in [5, 5.41) is 0.846. The van der Waals surface area contributed by atoms with E-state index in [1.165, 1.54) is 0 Å². The van der Waals surface area contributed by atoms with Crippen molar-refractivity contribution < 1.29 is 19.1 Å². The van der Waals surface area contributed by atoms with E-state index in [0.29, 0.717) is 11.1 Å². The maximum atomic E-state index is 12.7. The van der Waals surface area contributed by atoms with E-state index in [9.17, 15) is 9.59 Å². The number of ketones is 1. The highest BCUT2D eigenvalue weighted by atomic mass is 32.2. The largest absolute Gasteiger partial charge is 0.454 e.